The van der Waals surface area contributed by atoms with E-state index in [-0.39, 0.29) is 11.8 Å². The zero-order valence-electron chi connectivity index (χ0n) is 11.4. The van der Waals surface area contributed by atoms with Crippen LogP contribution in [-0.2, 0) is 0 Å². The van der Waals surface area contributed by atoms with E-state index in [4.69, 9.17) is 4.52 Å². The molecular formula is C14H15BrN4O2. The third-order valence-corrected chi connectivity index (χ3v) is 4.88. The van der Waals surface area contributed by atoms with Crippen LogP contribution in [0.25, 0.3) is 11.5 Å². The molecule has 2 aromatic rings. The summed E-state index contributed by atoms with van der Waals surface area (Å²) in [6, 6.07) is 5.46. The van der Waals surface area contributed by atoms with E-state index in [0.29, 0.717) is 10.4 Å². The third-order valence-electron chi connectivity index (χ3n) is 4.21. The van der Waals surface area contributed by atoms with Gasteiger partial charge in [-0.25, -0.2) is 0 Å². The van der Waals surface area contributed by atoms with Crippen LogP contribution < -0.4 is 0 Å². The average molecular weight is 351 g/mol. The summed E-state index contributed by atoms with van der Waals surface area (Å²) in [5.74, 6) is 1.35. The Labute approximate surface area is 130 Å². The van der Waals surface area contributed by atoms with Crippen molar-refractivity contribution in [2.24, 2.45) is 0 Å². The van der Waals surface area contributed by atoms with Crippen molar-refractivity contribution in [2.45, 2.75) is 6.04 Å². The van der Waals surface area contributed by atoms with E-state index in [1.165, 1.54) is 0 Å². The van der Waals surface area contributed by atoms with Gasteiger partial charge in [0.1, 0.15) is 5.75 Å². The predicted molar refractivity (Wildman–Crippen MR) is 79.9 cm³/mol. The molecule has 3 aliphatic heterocycles. The smallest absolute Gasteiger partial charge is 0.258 e. The van der Waals surface area contributed by atoms with Crippen LogP contribution in [0.5, 0.6) is 5.75 Å². The number of rotatable bonds is 2. The molecule has 0 saturated carbocycles. The zero-order valence-corrected chi connectivity index (χ0v) is 13.0. The van der Waals surface area contributed by atoms with Gasteiger partial charge in [-0.15, -0.1) is 0 Å². The molecule has 0 radical (unpaired) electrons. The lowest BCUT2D eigenvalue weighted by molar-refractivity contribution is 0.00781. The van der Waals surface area contributed by atoms with Gasteiger partial charge in [-0.2, -0.15) is 4.98 Å². The summed E-state index contributed by atoms with van der Waals surface area (Å²) in [6.45, 7) is 5.34. The van der Waals surface area contributed by atoms with Crippen molar-refractivity contribution in [3.05, 3.63) is 28.5 Å². The van der Waals surface area contributed by atoms with Crippen LogP contribution in [0.3, 0.4) is 0 Å². The maximum Gasteiger partial charge on any atom is 0.258 e. The third kappa shape index (κ3) is 2.35. The summed E-state index contributed by atoms with van der Waals surface area (Å²) in [5, 5.41) is 13.9. The average Bonchev–Trinajstić information content (AvgIpc) is 3.01. The second kappa shape index (κ2) is 5.08. The fourth-order valence-corrected chi connectivity index (χ4v) is 3.24. The molecule has 1 N–H and O–H groups in total. The zero-order chi connectivity index (χ0) is 14.4. The Hall–Kier alpha value is -1.44. The maximum atomic E-state index is 9.75. The lowest BCUT2D eigenvalue weighted by Crippen LogP contribution is -2.57. The number of phenols is 1. The highest BCUT2D eigenvalue weighted by Gasteiger charge is 2.35. The van der Waals surface area contributed by atoms with Crippen LogP contribution in [0, 0.1) is 0 Å². The Morgan fingerprint density at radius 2 is 2.05 bits per heavy atom. The van der Waals surface area contributed by atoms with Crippen LogP contribution in [0.1, 0.15) is 11.9 Å². The Bertz CT molecular complexity index is 667. The summed E-state index contributed by atoms with van der Waals surface area (Å²) in [7, 11) is 0. The molecule has 0 aliphatic carbocycles. The van der Waals surface area contributed by atoms with E-state index in [0.717, 1.165) is 44.1 Å². The SMILES string of the molecule is Oc1cc(-c2nc(C3CN4CCN3CC4)no2)ccc1Br. The number of aromatic nitrogens is 2. The van der Waals surface area contributed by atoms with Crippen molar-refractivity contribution in [2.75, 3.05) is 32.7 Å². The van der Waals surface area contributed by atoms with Crippen molar-refractivity contribution in [3.8, 4) is 17.2 Å². The molecule has 1 aromatic carbocycles. The van der Waals surface area contributed by atoms with Gasteiger partial charge in [0.15, 0.2) is 5.82 Å². The number of hydrogen-bond acceptors (Lipinski definition) is 6. The quantitative estimate of drug-likeness (QED) is 0.891. The summed E-state index contributed by atoms with van der Waals surface area (Å²) in [5.41, 5.74) is 0.728. The van der Waals surface area contributed by atoms with E-state index in [1.54, 1.807) is 12.1 Å². The summed E-state index contributed by atoms with van der Waals surface area (Å²) >= 11 is 3.26. The molecule has 0 amide bonds. The van der Waals surface area contributed by atoms with E-state index in [1.807, 2.05) is 6.07 Å². The molecule has 3 fully saturated rings. The van der Waals surface area contributed by atoms with Crippen molar-refractivity contribution in [3.63, 3.8) is 0 Å². The molecule has 6 nitrogen and oxygen atoms in total. The second-order valence-electron chi connectivity index (χ2n) is 5.48. The lowest BCUT2D eigenvalue weighted by atomic mass is 10.1. The van der Waals surface area contributed by atoms with Crippen LogP contribution in [0.15, 0.2) is 27.2 Å². The van der Waals surface area contributed by atoms with Crippen LogP contribution >= 0.6 is 15.9 Å². The highest BCUT2D eigenvalue weighted by Crippen LogP contribution is 2.31. The molecule has 0 spiro atoms. The van der Waals surface area contributed by atoms with Crippen LogP contribution in [-0.4, -0.2) is 57.8 Å². The van der Waals surface area contributed by atoms with E-state index < -0.39 is 0 Å². The molecule has 3 aliphatic rings. The number of benzene rings is 1. The first kappa shape index (κ1) is 13.2. The highest BCUT2D eigenvalue weighted by atomic mass is 79.9. The fraction of sp³-hybridized carbons (Fsp3) is 0.429. The number of halogens is 1. The van der Waals surface area contributed by atoms with Crippen molar-refractivity contribution in [1.29, 1.82) is 0 Å². The molecule has 1 atom stereocenters. The van der Waals surface area contributed by atoms with Gasteiger partial charge in [0.05, 0.1) is 10.5 Å². The van der Waals surface area contributed by atoms with Gasteiger partial charge in [0.25, 0.3) is 5.89 Å². The number of hydrogen-bond donors (Lipinski definition) is 1. The molecule has 4 heterocycles. The highest BCUT2D eigenvalue weighted by molar-refractivity contribution is 9.10. The minimum Gasteiger partial charge on any atom is -0.507 e. The van der Waals surface area contributed by atoms with Gasteiger partial charge in [0, 0.05) is 38.3 Å². The van der Waals surface area contributed by atoms with E-state index in [9.17, 15) is 5.11 Å². The van der Waals surface area contributed by atoms with Crippen LogP contribution in [0.4, 0.5) is 0 Å². The predicted octanol–water partition coefficient (Wildman–Crippen LogP) is 1.88. The molecule has 7 heteroatoms. The summed E-state index contributed by atoms with van der Waals surface area (Å²) in [4.78, 5) is 9.37. The topological polar surface area (TPSA) is 65.6 Å². The first-order valence-electron chi connectivity index (χ1n) is 6.99. The maximum absolute atomic E-state index is 9.75. The molecule has 21 heavy (non-hydrogen) atoms. The minimum absolute atomic E-state index is 0.166. The number of nitrogens with zero attached hydrogens (tertiary/aromatic N) is 4. The normalized spacial score (nSPS) is 28.0. The Balaban J connectivity index is 1.62. The summed E-state index contributed by atoms with van der Waals surface area (Å²) < 4.78 is 6.02. The molecular weight excluding hydrogens is 336 g/mol. The van der Waals surface area contributed by atoms with Crippen molar-refractivity contribution in [1.82, 2.24) is 19.9 Å². The van der Waals surface area contributed by atoms with E-state index in [2.05, 4.69) is 35.9 Å². The molecule has 3 saturated heterocycles. The monoisotopic (exact) mass is 350 g/mol. The van der Waals surface area contributed by atoms with Gasteiger partial charge >= 0.3 is 0 Å². The fourth-order valence-electron chi connectivity index (χ4n) is 3.00. The van der Waals surface area contributed by atoms with Gasteiger partial charge in [-0.3, -0.25) is 9.80 Å². The van der Waals surface area contributed by atoms with Gasteiger partial charge < -0.3 is 9.63 Å². The van der Waals surface area contributed by atoms with Gasteiger partial charge in [0.2, 0.25) is 0 Å². The minimum atomic E-state index is 0.166. The van der Waals surface area contributed by atoms with Crippen LogP contribution in [0.2, 0.25) is 0 Å². The first-order chi connectivity index (χ1) is 10.2. The second-order valence-corrected chi connectivity index (χ2v) is 6.33. The van der Waals surface area contributed by atoms with Gasteiger partial charge in [-0.1, -0.05) is 5.16 Å². The summed E-state index contributed by atoms with van der Waals surface area (Å²) in [6.07, 6.45) is 0. The Morgan fingerprint density at radius 1 is 1.24 bits per heavy atom. The Morgan fingerprint density at radius 3 is 2.71 bits per heavy atom. The molecule has 2 bridgehead atoms. The molecule has 5 rings (SSSR count). The number of aromatic hydroxyl groups is 1. The lowest BCUT2D eigenvalue weighted by Gasteiger charge is -2.46. The molecule has 1 unspecified atom stereocenters. The van der Waals surface area contributed by atoms with Crippen molar-refractivity contribution >= 4 is 15.9 Å². The number of fused-ring (bicyclic) bond motifs is 3. The van der Waals surface area contributed by atoms with Gasteiger partial charge in [-0.05, 0) is 34.1 Å². The number of piperazine rings is 3. The Kier molecular flexibility index (Phi) is 3.20. The standard InChI is InChI=1S/C14H15BrN4O2/c15-10-2-1-9(7-12(10)20)14-16-13(17-21-14)11-8-18-3-5-19(11)6-4-18/h1-2,7,11,20H,3-6,8H2. The molecule has 1 aromatic heterocycles. The first-order valence-corrected chi connectivity index (χ1v) is 7.79. The number of phenolic OH excluding ortho intramolecular Hbond substituents is 1. The largest absolute Gasteiger partial charge is 0.507 e. The molecule has 110 valence electrons. The van der Waals surface area contributed by atoms with Crippen molar-refractivity contribution < 1.29 is 9.63 Å². The van der Waals surface area contributed by atoms with E-state index >= 15 is 0 Å².